The molecule has 0 aliphatic carbocycles. The van der Waals surface area contributed by atoms with Crippen molar-refractivity contribution in [1.29, 1.82) is 0 Å². The zero-order valence-electron chi connectivity index (χ0n) is 18.7. The average Bonchev–Trinajstić information content (AvgIpc) is 3.52. The maximum Gasteiger partial charge on any atom is 0.333 e. The summed E-state index contributed by atoms with van der Waals surface area (Å²) in [5.41, 5.74) is 6.08. The van der Waals surface area contributed by atoms with Gasteiger partial charge in [-0.15, -0.1) is 0 Å². The van der Waals surface area contributed by atoms with Crippen molar-refractivity contribution in [3.05, 3.63) is 71.3 Å². The van der Waals surface area contributed by atoms with Crippen LogP contribution >= 0.6 is 0 Å². The molecule has 6 heteroatoms. The minimum atomic E-state index is -0.535. The van der Waals surface area contributed by atoms with Crippen molar-refractivity contribution in [2.45, 2.75) is 46.3 Å². The van der Waals surface area contributed by atoms with E-state index in [-0.39, 0.29) is 5.92 Å². The molecule has 3 atom stereocenters. The minimum absolute atomic E-state index is 0.118. The van der Waals surface area contributed by atoms with Crippen molar-refractivity contribution < 1.29 is 27.9 Å². The maximum atomic E-state index is 12.4. The molecule has 0 radical (unpaired) electrons. The Hall–Kier alpha value is -3.54. The van der Waals surface area contributed by atoms with Crippen LogP contribution in [0, 0.1) is 5.92 Å². The van der Waals surface area contributed by atoms with Gasteiger partial charge in [0.2, 0.25) is 0 Å². The summed E-state index contributed by atoms with van der Waals surface area (Å²) in [6.07, 6.45) is -0.494. The van der Waals surface area contributed by atoms with E-state index in [9.17, 15) is 9.59 Å². The van der Waals surface area contributed by atoms with E-state index in [4.69, 9.17) is 18.3 Å². The molecule has 0 saturated heterocycles. The predicted molar refractivity (Wildman–Crippen MR) is 121 cm³/mol. The number of esters is 2. The molecule has 4 rings (SSSR count). The summed E-state index contributed by atoms with van der Waals surface area (Å²) in [4.78, 5) is 24.5. The Balaban J connectivity index is 1.64. The summed E-state index contributed by atoms with van der Waals surface area (Å²) in [5, 5.41) is 0. The van der Waals surface area contributed by atoms with Gasteiger partial charge >= 0.3 is 11.9 Å². The van der Waals surface area contributed by atoms with Crippen molar-refractivity contribution in [3.63, 3.8) is 0 Å². The molecule has 0 spiro atoms. The van der Waals surface area contributed by atoms with E-state index in [2.05, 4.69) is 13.2 Å². The van der Waals surface area contributed by atoms with Crippen molar-refractivity contribution in [1.82, 2.24) is 0 Å². The summed E-state index contributed by atoms with van der Waals surface area (Å²) >= 11 is 0. The van der Waals surface area contributed by atoms with E-state index >= 15 is 0 Å². The van der Waals surface area contributed by atoms with Crippen molar-refractivity contribution in [2.24, 2.45) is 5.92 Å². The molecule has 0 saturated carbocycles. The second kappa shape index (κ2) is 8.19. The highest BCUT2D eigenvalue weighted by atomic mass is 16.5. The molecule has 0 aliphatic heterocycles. The highest BCUT2D eigenvalue weighted by molar-refractivity contribution is 5.88. The molecule has 6 nitrogen and oxygen atoms in total. The van der Waals surface area contributed by atoms with Crippen LogP contribution in [0.2, 0.25) is 0 Å². The first-order valence-corrected chi connectivity index (χ1v) is 10.5. The molecule has 4 bridgehead atoms. The van der Waals surface area contributed by atoms with Gasteiger partial charge in [0.25, 0.3) is 0 Å². The SMILES string of the molecule is C=C(C)C(=O)OC(C)c1c(CC(C)C(OC(=O)C(=C)C)c2cc3ccc2o3)c2ccc1o2. The predicted octanol–water partition coefficient (Wildman–Crippen LogP) is 6.27. The van der Waals surface area contributed by atoms with Crippen LogP contribution < -0.4 is 0 Å². The van der Waals surface area contributed by atoms with E-state index < -0.39 is 24.1 Å². The van der Waals surface area contributed by atoms with Crippen molar-refractivity contribution >= 4 is 34.3 Å². The normalized spacial score (nSPS) is 14.5. The van der Waals surface area contributed by atoms with Crippen LogP contribution in [0.5, 0.6) is 0 Å². The number of carbonyl (C=O) groups excluding carboxylic acids is 2. The van der Waals surface area contributed by atoms with Gasteiger partial charge in [-0.2, -0.15) is 0 Å². The van der Waals surface area contributed by atoms with Gasteiger partial charge in [0.05, 0.1) is 0 Å². The molecule has 0 amide bonds. The number of hydrogen-bond donors (Lipinski definition) is 0. The second-order valence-corrected chi connectivity index (χ2v) is 8.47. The number of fused-ring (bicyclic) bond motifs is 4. The summed E-state index contributed by atoms with van der Waals surface area (Å²) in [5.74, 6) is -1.02. The molecular formula is C26H26O6. The first kappa shape index (κ1) is 21.7. The average molecular weight is 434 g/mol. The Morgan fingerprint density at radius 3 is 2.12 bits per heavy atom. The van der Waals surface area contributed by atoms with Gasteiger partial charge in [-0.05, 0) is 57.5 Å². The Labute approximate surface area is 186 Å². The molecule has 0 aliphatic rings. The first-order chi connectivity index (χ1) is 15.2. The Kier molecular flexibility index (Phi) is 5.55. The smallest absolute Gasteiger partial charge is 0.333 e. The summed E-state index contributed by atoms with van der Waals surface area (Å²) < 4.78 is 23.0. The van der Waals surface area contributed by atoms with Gasteiger partial charge in [-0.25, -0.2) is 9.59 Å². The Morgan fingerprint density at radius 1 is 0.906 bits per heavy atom. The number of furan rings is 4. The minimum Gasteiger partial charge on any atom is -0.457 e. The Bertz CT molecular complexity index is 1290. The van der Waals surface area contributed by atoms with Crippen molar-refractivity contribution in [2.75, 3.05) is 0 Å². The summed E-state index contributed by atoms with van der Waals surface area (Å²) in [6, 6.07) is 9.41. The zero-order chi connectivity index (χ0) is 23.2. The number of hydrogen-bond acceptors (Lipinski definition) is 6. The van der Waals surface area contributed by atoms with Gasteiger partial charge in [-0.1, -0.05) is 20.1 Å². The number of carbonyl (C=O) groups is 2. The Morgan fingerprint density at radius 2 is 1.53 bits per heavy atom. The first-order valence-electron chi connectivity index (χ1n) is 10.5. The molecule has 4 aromatic heterocycles. The number of ether oxygens (including phenoxy) is 2. The fourth-order valence-electron chi connectivity index (χ4n) is 4.07. The van der Waals surface area contributed by atoms with Crippen molar-refractivity contribution in [3.8, 4) is 0 Å². The fraction of sp³-hybridized carbons (Fsp3) is 0.308. The second-order valence-electron chi connectivity index (χ2n) is 8.47. The summed E-state index contributed by atoms with van der Waals surface area (Å²) in [6.45, 7) is 14.4. The lowest BCUT2D eigenvalue weighted by atomic mass is 9.88. The van der Waals surface area contributed by atoms with E-state index in [0.717, 1.165) is 27.9 Å². The van der Waals surface area contributed by atoms with Crippen LogP contribution in [0.1, 0.15) is 56.6 Å². The molecule has 166 valence electrons. The molecule has 4 aromatic rings. The lowest BCUT2D eigenvalue weighted by Gasteiger charge is -2.25. The van der Waals surface area contributed by atoms with Crippen LogP contribution in [0.3, 0.4) is 0 Å². The lowest BCUT2D eigenvalue weighted by Crippen LogP contribution is -2.20. The lowest BCUT2D eigenvalue weighted by molar-refractivity contribution is -0.147. The van der Waals surface area contributed by atoms with E-state index in [0.29, 0.717) is 28.7 Å². The van der Waals surface area contributed by atoms with Crippen LogP contribution in [0.4, 0.5) is 0 Å². The molecule has 0 fully saturated rings. The monoisotopic (exact) mass is 434 g/mol. The standard InChI is InChI=1S/C26H26O6/c1-13(2)25(27)29-16(6)23-18(20-9-10-22(23)31-20)11-15(5)24(32-26(28)14(3)4)19-12-17-7-8-21(19)30-17/h7-10,12,15-16,24H,1,3,11H2,2,4-6H3. The number of benzene rings is 2. The molecule has 32 heavy (non-hydrogen) atoms. The van der Waals surface area contributed by atoms with E-state index in [1.165, 1.54) is 0 Å². The molecule has 4 heterocycles. The van der Waals surface area contributed by atoms with E-state index in [1.54, 1.807) is 13.8 Å². The van der Waals surface area contributed by atoms with Crippen LogP contribution in [0.15, 0.2) is 63.5 Å². The highest BCUT2D eigenvalue weighted by Crippen LogP contribution is 2.41. The largest absolute Gasteiger partial charge is 0.457 e. The quantitative estimate of drug-likeness (QED) is 0.228. The highest BCUT2D eigenvalue weighted by Gasteiger charge is 2.32. The van der Waals surface area contributed by atoms with Crippen LogP contribution in [-0.4, -0.2) is 11.9 Å². The zero-order valence-corrected chi connectivity index (χ0v) is 18.7. The molecule has 0 N–H and O–H groups in total. The third-order valence-electron chi connectivity index (χ3n) is 5.67. The van der Waals surface area contributed by atoms with Crippen LogP contribution in [-0.2, 0) is 25.5 Å². The van der Waals surface area contributed by atoms with Crippen LogP contribution in [0.25, 0.3) is 22.3 Å². The molecule has 0 aromatic carbocycles. The molecule has 3 unspecified atom stereocenters. The number of rotatable bonds is 9. The van der Waals surface area contributed by atoms with E-state index in [1.807, 2.05) is 44.2 Å². The van der Waals surface area contributed by atoms with Gasteiger partial charge in [-0.3, -0.25) is 0 Å². The van der Waals surface area contributed by atoms with Gasteiger partial charge < -0.3 is 18.3 Å². The summed E-state index contributed by atoms with van der Waals surface area (Å²) in [7, 11) is 0. The van der Waals surface area contributed by atoms with Gasteiger partial charge in [0, 0.05) is 33.8 Å². The fourth-order valence-corrected chi connectivity index (χ4v) is 4.07. The van der Waals surface area contributed by atoms with Gasteiger partial charge in [0.15, 0.2) is 0 Å². The molecular weight excluding hydrogens is 408 g/mol. The van der Waals surface area contributed by atoms with Gasteiger partial charge in [0.1, 0.15) is 34.5 Å². The third-order valence-corrected chi connectivity index (χ3v) is 5.67. The third kappa shape index (κ3) is 3.88. The topological polar surface area (TPSA) is 78.9 Å². The maximum absolute atomic E-state index is 12.4.